The highest BCUT2D eigenvalue weighted by Crippen LogP contribution is 2.32. The molecular formula is C30H31Cl2N3O5S. The lowest BCUT2D eigenvalue weighted by Crippen LogP contribution is -2.39. The van der Waals surface area contributed by atoms with E-state index in [9.17, 15) is 13.2 Å². The van der Waals surface area contributed by atoms with Gasteiger partial charge >= 0.3 is 5.97 Å². The van der Waals surface area contributed by atoms with E-state index in [1.54, 1.807) is 32.9 Å². The largest absolute Gasteiger partial charge is 0.459 e. The minimum atomic E-state index is -4.24. The molecule has 5 rings (SSSR count). The van der Waals surface area contributed by atoms with Gasteiger partial charge in [0.15, 0.2) is 0 Å². The van der Waals surface area contributed by atoms with Crippen LogP contribution in [0.3, 0.4) is 0 Å². The number of ether oxygens (including phenoxy) is 2. The molecule has 41 heavy (non-hydrogen) atoms. The van der Waals surface area contributed by atoms with E-state index in [1.165, 1.54) is 18.2 Å². The van der Waals surface area contributed by atoms with Gasteiger partial charge in [0.1, 0.15) is 12.1 Å². The number of hydrogen-bond donors (Lipinski definition) is 0. The molecule has 0 unspecified atom stereocenters. The number of esters is 1. The topological polar surface area (TPSA) is 81.1 Å². The van der Waals surface area contributed by atoms with Gasteiger partial charge in [-0.25, -0.2) is 8.42 Å². The quantitative estimate of drug-likeness (QED) is 0.227. The third-order valence-corrected chi connectivity index (χ3v) is 8.77. The highest BCUT2D eigenvalue weighted by molar-refractivity contribution is 7.92. The van der Waals surface area contributed by atoms with E-state index in [4.69, 9.17) is 32.7 Å². The van der Waals surface area contributed by atoms with Crippen LogP contribution in [0.4, 0.5) is 11.4 Å². The predicted octanol–water partition coefficient (Wildman–Crippen LogP) is 6.31. The normalized spacial score (nSPS) is 14.3. The molecule has 1 fully saturated rings. The third-order valence-electron chi connectivity index (χ3n) is 6.58. The van der Waals surface area contributed by atoms with Crippen molar-refractivity contribution in [3.63, 3.8) is 0 Å². The number of nitrogens with zero attached hydrogens (tertiary/aromatic N) is 3. The molecule has 0 atom stereocenters. The van der Waals surface area contributed by atoms with Crippen molar-refractivity contribution in [2.75, 3.05) is 42.1 Å². The van der Waals surface area contributed by atoms with Crippen molar-refractivity contribution >= 4 is 61.5 Å². The Balaban J connectivity index is 1.50. The predicted molar refractivity (Wildman–Crippen MR) is 163 cm³/mol. The lowest BCUT2D eigenvalue weighted by molar-refractivity contribution is -0.152. The van der Waals surface area contributed by atoms with E-state index in [2.05, 4.69) is 29.2 Å². The van der Waals surface area contributed by atoms with Gasteiger partial charge in [0, 0.05) is 46.1 Å². The Kier molecular flexibility index (Phi) is 8.25. The molecule has 4 aromatic rings. The standard InChI is InChI=1S/C30H31Cl2N3O5S/c1-30(2,3)40-29(36)20-35(41(37,38)27-18-22(31)17-23(32)19-27)26-8-9-28-21(16-26)10-11-34(28)25-6-4-24(5-7-25)33-12-14-39-15-13-33/h4-11,16-19H,12-15,20H2,1-3H3. The molecule has 0 saturated carbocycles. The number of hydrogen-bond acceptors (Lipinski definition) is 6. The lowest BCUT2D eigenvalue weighted by Gasteiger charge is -2.29. The molecule has 0 N–H and O–H groups in total. The molecule has 8 nitrogen and oxygen atoms in total. The second-order valence-electron chi connectivity index (χ2n) is 10.7. The SMILES string of the molecule is CC(C)(C)OC(=O)CN(c1ccc2c(ccn2-c2ccc(N3CCOCC3)cc2)c1)S(=O)(=O)c1cc(Cl)cc(Cl)c1. The number of rotatable bonds is 7. The van der Waals surface area contributed by atoms with Gasteiger partial charge in [-0.05, 0) is 87.5 Å². The van der Waals surface area contributed by atoms with Crippen LogP contribution in [0.5, 0.6) is 0 Å². The lowest BCUT2D eigenvalue weighted by atomic mass is 10.2. The first kappa shape index (κ1) is 29.3. The molecule has 0 aliphatic carbocycles. The van der Waals surface area contributed by atoms with Crippen LogP contribution < -0.4 is 9.21 Å². The number of sulfonamides is 1. The van der Waals surface area contributed by atoms with E-state index < -0.39 is 28.1 Å². The maximum absolute atomic E-state index is 13.8. The summed E-state index contributed by atoms with van der Waals surface area (Å²) in [6.45, 7) is 7.80. The van der Waals surface area contributed by atoms with Crippen LogP contribution in [0.15, 0.2) is 77.8 Å². The summed E-state index contributed by atoms with van der Waals surface area (Å²) in [7, 11) is -4.24. The van der Waals surface area contributed by atoms with Gasteiger partial charge in [0.2, 0.25) is 0 Å². The van der Waals surface area contributed by atoms with Crippen LogP contribution >= 0.6 is 23.2 Å². The van der Waals surface area contributed by atoms with Crippen molar-refractivity contribution in [1.82, 2.24) is 4.57 Å². The fourth-order valence-electron chi connectivity index (χ4n) is 4.77. The second-order valence-corrected chi connectivity index (χ2v) is 13.5. The van der Waals surface area contributed by atoms with Crippen LogP contribution in [0.1, 0.15) is 20.8 Å². The summed E-state index contributed by atoms with van der Waals surface area (Å²) in [6.07, 6.45) is 1.93. The van der Waals surface area contributed by atoms with E-state index in [0.717, 1.165) is 52.9 Å². The van der Waals surface area contributed by atoms with Gasteiger partial charge in [-0.2, -0.15) is 0 Å². The Labute approximate surface area is 250 Å². The molecule has 11 heteroatoms. The van der Waals surface area contributed by atoms with E-state index >= 15 is 0 Å². The minimum Gasteiger partial charge on any atom is -0.459 e. The van der Waals surface area contributed by atoms with Crippen LogP contribution in [0.25, 0.3) is 16.6 Å². The summed E-state index contributed by atoms with van der Waals surface area (Å²) in [4.78, 5) is 15.0. The zero-order chi connectivity index (χ0) is 29.4. The van der Waals surface area contributed by atoms with Crippen molar-refractivity contribution in [3.05, 3.63) is 83.0 Å². The Morgan fingerprint density at radius 3 is 2.20 bits per heavy atom. The van der Waals surface area contributed by atoms with Crippen molar-refractivity contribution in [2.24, 2.45) is 0 Å². The highest BCUT2D eigenvalue weighted by atomic mass is 35.5. The summed E-state index contributed by atoms with van der Waals surface area (Å²) in [5, 5.41) is 1.13. The highest BCUT2D eigenvalue weighted by Gasteiger charge is 2.30. The van der Waals surface area contributed by atoms with Crippen LogP contribution in [-0.4, -0.2) is 57.4 Å². The molecule has 1 aromatic heterocycles. The van der Waals surface area contributed by atoms with E-state index in [-0.39, 0.29) is 14.9 Å². The minimum absolute atomic E-state index is 0.128. The number of carbonyl (C=O) groups excluding carboxylic acids is 1. The number of morpholine rings is 1. The van der Waals surface area contributed by atoms with Crippen molar-refractivity contribution < 1.29 is 22.7 Å². The molecule has 1 aliphatic rings. The second kappa shape index (κ2) is 11.6. The van der Waals surface area contributed by atoms with Crippen molar-refractivity contribution in [1.29, 1.82) is 0 Å². The number of aromatic nitrogens is 1. The maximum atomic E-state index is 13.8. The third kappa shape index (κ3) is 6.64. The summed E-state index contributed by atoms with van der Waals surface area (Å²) < 4.78 is 41.7. The first-order chi connectivity index (χ1) is 19.4. The molecule has 1 saturated heterocycles. The average Bonchev–Trinajstić information content (AvgIpc) is 3.34. The van der Waals surface area contributed by atoms with Crippen LogP contribution in [-0.2, 0) is 24.3 Å². The number of halogens is 2. The summed E-state index contributed by atoms with van der Waals surface area (Å²) in [5.74, 6) is -0.688. The summed E-state index contributed by atoms with van der Waals surface area (Å²) in [5.41, 5.74) is 2.51. The number of anilines is 2. The average molecular weight is 617 g/mol. The fraction of sp³-hybridized carbons (Fsp3) is 0.300. The number of benzene rings is 3. The maximum Gasteiger partial charge on any atom is 0.327 e. The first-order valence-electron chi connectivity index (χ1n) is 13.2. The monoisotopic (exact) mass is 615 g/mol. The van der Waals surface area contributed by atoms with Crippen molar-refractivity contribution in [2.45, 2.75) is 31.3 Å². The number of fused-ring (bicyclic) bond motifs is 1. The molecule has 0 radical (unpaired) electrons. The Morgan fingerprint density at radius 2 is 1.56 bits per heavy atom. The van der Waals surface area contributed by atoms with E-state index in [1.807, 2.05) is 22.9 Å². The Bertz CT molecular complexity index is 1650. The van der Waals surface area contributed by atoms with Gasteiger partial charge in [-0.1, -0.05) is 23.2 Å². The van der Waals surface area contributed by atoms with Crippen LogP contribution in [0.2, 0.25) is 10.0 Å². The molecule has 0 spiro atoms. The van der Waals surface area contributed by atoms with Gasteiger partial charge in [-0.15, -0.1) is 0 Å². The zero-order valence-corrected chi connectivity index (χ0v) is 25.3. The van der Waals surface area contributed by atoms with Crippen LogP contribution in [0, 0.1) is 0 Å². The van der Waals surface area contributed by atoms with Gasteiger partial charge in [0.05, 0.1) is 29.3 Å². The summed E-state index contributed by atoms with van der Waals surface area (Å²) in [6, 6.07) is 19.5. The molecule has 0 amide bonds. The smallest absolute Gasteiger partial charge is 0.327 e. The molecule has 1 aliphatic heterocycles. The van der Waals surface area contributed by atoms with Gasteiger partial charge in [0.25, 0.3) is 10.0 Å². The molecule has 3 aromatic carbocycles. The molecule has 2 heterocycles. The van der Waals surface area contributed by atoms with Crippen molar-refractivity contribution in [3.8, 4) is 5.69 Å². The zero-order valence-electron chi connectivity index (χ0n) is 23.0. The first-order valence-corrected chi connectivity index (χ1v) is 15.4. The van der Waals surface area contributed by atoms with Gasteiger partial charge in [-0.3, -0.25) is 9.10 Å². The van der Waals surface area contributed by atoms with Gasteiger partial charge < -0.3 is 18.9 Å². The van der Waals surface area contributed by atoms with E-state index in [0.29, 0.717) is 5.69 Å². The summed E-state index contributed by atoms with van der Waals surface area (Å²) >= 11 is 12.2. The Hall–Kier alpha value is -3.24. The molecule has 216 valence electrons. The Morgan fingerprint density at radius 1 is 0.927 bits per heavy atom. The fourth-order valence-corrected chi connectivity index (χ4v) is 6.89. The molecular weight excluding hydrogens is 585 g/mol. The molecule has 0 bridgehead atoms. The number of carbonyl (C=O) groups is 1.